The van der Waals surface area contributed by atoms with E-state index in [0.29, 0.717) is 18.4 Å². The number of hydrogen-bond donors (Lipinski definition) is 2. The molecule has 0 aromatic carbocycles. The molecule has 76 valence electrons. The van der Waals surface area contributed by atoms with Crippen LogP contribution in [0.2, 0.25) is 0 Å². The number of nitrogens with two attached hydrogens (primary N) is 2. The molecular formula is C9H18N2O2. The number of primary amides is 1. The molecule has 1 rings (SSSR count). The topological polar surface area (TPSA) is 78.3 Å². The lowest BCUT2D eigenvalue weighted by molar-refractivity contribution is -0.123. The van der Waals surface area contributed by atoms with E-state index in [9.17, 15) is 4.79 Å². The highest BCUT2D eigenvalue weighted by Crippen LogP contribution is 2.30. The first-order chi connectivity index (χ1) is 6.24. The Balaban J connectivity index is 2.16. The lowest BCUT2D eigenvalue weighted by Gasteiger charge is -2.16. The second-order valence-electron chi connectivity index (χ2n) is 3.67. The Kier molecular flexibility index (Phi) is 4.18. The van der Waals surface area contributed by atoms with Gasteiger partial charge in [-0.25, -0.2) is 0 Å². The molecule has 2 unspecified atom stereocenters. The molecule has 0 aromatic heterocycles. The van der Waals surface area contributed by atoms with E-state index in [0.717, 1.165) is 6.54 Å². The molecule has 0 aromatic rings. The summed E-state index contributed by atoms with van der Waals surface area (Å²) < 4.78 is 5.18. The number of carbonyl (C=O) groups excluding carboxylic acids is 1. The third-order valence-corrected chi connectivity index (χ3v) is 2.70. The van der Waals surface area contributed by atoms with E-state index in [1.54, 1.807) is 0 Å². The van der Waals surface area contributed by atoms with Gasteiger partial charge in [-0.3, -0.25) is 4.79 Å². The van der Waals surface area contributed by atoms with Gasteiger partial charge in [-0.15, -0.1) is 0 Å². The molecule has 13 heavy (non-hydrogen) atoms. The summed E-state index contributed by atoms with van der Waals surface area (Å²) in [5.41, 5.74) is 10.6. The van der Waals surface area contributed by atoms with Crippen LogP contribution in [0.4, 0.5) is 0 Å². The minimum atomic E-state index is -0.401. The Morgan fingerprint density at radius 3 is 2.69 bits per heavy atom. The van der Waals surface area contributed by atoms with Gasteiger partial charge in [0.05, 0.1) is 6.61 Å². The number of carbonyl (C=O) groups is 1. The Morgan fingerprint density at radius 1 is 1.38 bits per heavy atom. The van der Waals surface area contributed by atoms with Crippen molar-refractivity contribution < 1.29 is 9.53 Å². The molecular weight excluding hydrogens is 168 g/mol. The first-order valence-electron chi connectivity index (χ1n) is 4.80. The fourth-order valence-electron chi connectivity index (χ4n) is 1.95. The summed E-state index contributed by atoms with van der Waals surface area (Å²) >= 11 is 0. The van der Waals surface area contributed by atoms with Crippen molar-refractivity contribution in [2.45, 2.75) is 19.3 Å². The molecule has 4 heteroatoms. The van der Waals surface area contributed by atoms with E-state index in [4.69, 9.17) is 16.2 Å². The average molecular weight is 186 g/mol. The van der Waals surface area contributed by atoms with Crippen LogP contribution in [-0.4, -0.2) is 25.7 Å². The summed E-state index contributed by atoms with van der Waals surface area (Å²) in [5.74, 6) is 0.708. The molecule has 1 aliphatic rings. The molecule has 4 N–H and O–H groups in total. The van der Waals surface area contributed by atoms with Crippen molar-refractivity contribution in [3.8, 4) is 0 Å². The molecule has 0 spiro atoms. The first kappa shape index (κ1) is 10.5. The van der Waals surface area contributed by atoms with Gasteiger partial charge in [0.15, 0.2) is 0 Å². The first-order valence-corrected chi connectivity index (χ1v) is 4.80. The van der Waals surface area contributed by atoms with E-state index >= 15 is 0 Å². The van der Waals surface area contributed by atoms with Gasteiger partial charge in [-0.05, 0) is 31.2 Å². The maximum Gasteiger partial charge on any atom is 0.243 e. The molecule has 0 aliphatic heterocycles. The second-order valence-corrected chi connectivity index (χ2v) is 3.67. The lowest BCUT2D eigenvalue weighted by Crippen LogP contribution is -2.25. The fourth-order valence-corrected chi connectivity index (χ4v) is 1.95. The minimum absolute atomic E-state index is 0.0355. The Morgan fingerprint density at radius 2 is 2.08 bits per heavy atom. The van der Waals surface area contributed by atoms with E-state index in [1.807, 2.05) is 0 Å². The van der Waals surface area contributed by atoms with Gasteiger partial charge in [0, 0.05) is 0 Å². The van der Waals surface area contributed by atoms with Crippen molar-refractivity contribution in [2.75, 3.05) is 19.8 Å². The highest BCUT2D eigenvalue weighted by Gasteiger charge is 2.25. The predicted molar refractivity (Wildman–Crippen MR) is 49.9 cm³/mol. The van der Waals surface area contributed by atoms with Gasteiger partial charge < -0.3 is 16.2 Å². The summed E-state index contributed by atoms with van der Waals surface area (Å²) in [4.78, 5) is 10.4. The standard InChI is InChI=1S/C9H18N2O2/c10-4-7-2-1-3-8(7)5-13-6-9(11)12/h7-8H,1-6,10H2,(H2,11,12). The summed E-state index contributed by atoms with van der Waals surface area (Å²) in [6.45, 7) is 1.39. The number of rotatable bonds is 5. The fraction of sp³-hybridized carbons (Fsp3) is 0.889. The summed E-state index contributed by atoms with van der Waals surface area (Å²) in [6.07, 6.45) is 3.59. The summed E-state index contributed by atoms with van der Waals surface area (Å²) in [7, 11) is 0. The third kappa shape index (κ3) is 3.32. The van der Waals surface area contributed by atoms with Gasteiger partial charge in [-0.1, -0.05) is 6.42 Å². The molecule has 1 saturated carbocycles. The van der Waals surface area contributed by atoms with Crippen LogP contribution in [0.25, 0.3) is 0 Å². The van der Waals surface area contributed by atoms with E-state index in [1.165, 1.54) is 19.3 Å². The molecule has 0 saturated heterocycles. The maximum absolute atomic E-state index is 10.4. The molecule has 0 bridgehead atoms. The molecule has 1 amide bonds. The minimum Gasteiger partial charge on any atom is -0.371 e. The molecule has 0 radical (unpaired) electrons. The van der Waals surface area contributed by atoms with Crippen LogP contribution in [0.1, 0.15) is 19.3 Å². The van der Waals surface area contributed by atoms with Crippen molar-refractivity contribution in [1.82, 2.24) is 0 Å². The zero-order chi connectivity index (χ0) is 9.68. The maximum atomic E-state index is 10.4. The summed E-state index contributed by atoms with van der Waals surface area (Å²) in [6, 6.07) is 0. The van der Waals surface area contributed by atoms with E-state index < -0.39 is 5.91 Å². The van der Waals surface area contributed by atoms with Crippen molar-refractivity contribution in [3.63, 3.8) is 0 Å². The van der Waals surface area contributed by atoms with E-state index in [2.05, 4.69) is 0 Å². The molecule has 1 aliphatic carbocycles. The van der Waals surface area contributed by atoms with Crippen LogP contribution in [-0.2, 0) is 9.53 Å². The predicted octanol–water partition coefficient (Wildman–Crippen LogP) is -0.137. The largest absolute Gasteiger partial charge is 0.371 e. The van der Waals surface area contributed by atoms with Crippen molar-refractivity contribution >= 4 is 5.91 Å². The van der Waals surface area contributed by atoms with Gasteiger partial charge in [0.25, 0.3) is 0 Å². The number of hydrogen-bond acceptors (Lipinski definition) is 3. The third-order valence-electron chi connectivity index (χ3n) is 2.70. The van der Waals surface area contributed by atoms with Crippen molar-refractivity contribution in [2.24, 2.45) is 23.3 Å². The quantitative estimate of drug-likeness (QED) is 0.627. The summed E-state index contributed by atoms with van der Waals surface area (Å²) in [5, 5.41) is 0. The Hall–Kier alpha value is -0.610. The van der Waals surface area contributed by atoms with Gasteiger partial charge in [0.1, 0.15) is 6.61 Å². The zero-order valence-electron chi connectivity index (χ0n) is 7.87. The highest BCUT2D eigenvalue weighted by atomic mass is 16.5. The van der Waals surface area contributed by atoms with Crippen LogP contribution >= 0.6 is 0 Å². The van der Waals surface area contributed by atoms with Crippen LogP contribution in [0.15, 0.2) is 0 Å². The molecule has 4 nitrogen and oxygen atoms in total. The average Bonchev–Trinajstić information content (AvgIpc) is 2.51. The smallest absolute Gasteiger partial charge is 0.243 e. The van der Waals surface area contributed by atoms with Gasteiger partial charge in [-0.2, -0.15) is 0 Å². The van der Waals surface area contributed by atoms with Gasteiger partial charge >= 0.3 is 0 Å². The molecule has 2 atom stereocenters. The molecule has 1 fully saturated rings. The van der Waals surface area contributed by atoms with Crippen LogP contribution in [0.3, 0.4) is 0 Å². The number of amides is 1. The van der Waals surface area contributed by atoms with Crippen LogP contribution in [0.5, 0.6) is 0 Å². The monoisotopic (exact) mass is 186 g/mol. The SMILES string of the molecule is NCC1CCCC1COCC(N)=O. The van der Waals surface area contributed by atoms with Crippen molar-refractivity contribution in [3.05, 3.63) is 0 Å². The van der Waals surface area contributed by atoms with Crippen molar-refractivity contribution in [1.29, 1.82) is 0 Å². The zero-order valence-corrected chi connectivity index (χ0v) is 7.87. The van der Waals surface area contributed by atoms with Crippen LogP contribution < -0.4 is 11.5 Å². The van der Waals surface area contributed by atoms with Gasteiger partial charge in [0.2, 0.25) is 5.91 Å². The lowest BCUT2D eigenvalue weighted by atomic mass is 9.97. The van der Waals surface area contributed by atoms with Crippen LogP contribution in [0, 0.1) is 11.8 Å². The highest BCUT2D eigenvalue weighted by molar-refractivity contribution is 5.74. The molecule has 0 heterocycles. The van der Waals surface area contributed by atoms with E-state index in [-0.39, 0.29) is 6.61 Å². The second kappa shape index (κ2) is 5.19. The Labute approximate surface area is 78.6 Å². The normalized spacial score (nSPS) is 27.8. The Bertz CT molecular complexity index is 173. The number of ether oxygens (including phenoxy) is 1.